The van der Waals surface area contributed by atoms with Crippen molar-refractivity contribution in [2.75, 3.05) is 26.1 Å². The van der Waals surface area contributed by atoms with Gasteiger partial charge in [-0.25, -0.2) is 0 Å². The van der Waals surface area contributed by atoms with Crippen molar-refractivity contribution in [2.24, 2.45) is 5.73 Å². The number of rotatable bonds is 6. The van der Waals surface area contributed by atoms with Crippen molar-refractivity contribution in [3.8, 4) is 11.5 Å². The van der Waals surface area contributed by atoms with Gasteiger partial charge in [0.05, 0.1) is 32.2 Å². The Hall–Kier alpha value is -2.14. The molecule has 0 aliphatic carbocycles. The Morgan fingerprint density at radius 2 is 2.11 bits per heavy atom. The maximum atomic E-state index is 5.78. The van der Waals surface area contributed by atoms with E-state index >= 15 is 0 Å². The third-order valence-corrected chi connectivity index (χ3v) is 2.86. The lowest BCUT2D eigenvalue weighted by Gasteiger charge is -2.18. The minimum absolute atomic E-state index is 0.115. The molecule has 19 heavy (non-hydrogen) atoms. The lowest BCUT2D eigenvalue weighted by atomic mass is 10.2. The molecule has 0 aliphatic rings. The van der Waals surface area contributed by atoms with Crippen LogP contribution in [0.4, 0.5) is 5.69 Å². The van der Waals surface area contributed by atoms with Crippen LogP contribution in [0.3, 0.4) is 0 Å². The molecule has 1 heterocycles. The number of furan rings is 1. The van der Waals surface area contributed by atoms with Crippen molar-refractivity contribution < 1.29 is 13.9 Å². The summed E-state index contributed by atoms with van der Waals surface area (Å²) in [6, 6.07) is 9.16. The molecule has 1 aromatic carbocycles. The molecule has 5 heteroatoms. The quantitative estimate of drug-likeness (QED) is 0.836. The molecule has 3 N–H and O–H groups in total. The van der Waals surface area contributed by atoms with Crippen LogP contribution in [-0.2, 0) is 0 Å². The zero-order valence-electron chi connectivity index (χ0n) is 11.1. The summed E-state index contributed by atoms with van der Waals surface area (Å²) in [4.78, 5) is 0. The van der Waals surface area contributed by atoms with Gasteiger partial charge in [-0.15, -0.1) is 0 Å². The standard InChI is InChI=1S/C14H18N2O3/c1-17-10-5-6-13(18-2)11(8-10)16-12(9-15)14-4-3-7-19-14/h3-8,12,16H,9,15H2,1-2H3. The smallest absolute Gasteiger partial charge is 0.142 e. The van der Waals surface area contributed by atoms with Crippen LogP contribution in [0.5, 0.6) is 11.5 Å². The molecule has 0 saturated heterocycles. The van der Waals surface area contributed by atoms with Crippen molar-refractivity contribution in [3.63, 3.8) is 0 Å². The number of nitrogens with one attached hydrogen (secondary N) is 1. The molecule has 2 rings (SSSR count). The Kier molecular flexibility index (Phi) is 4.30. The number of ether oxygens (including phenoxy) is 2. The van der Waals surface area contributed by atoms with Gasteiger partial charge in [0, 0.05) is 12.6 Å². The van der Waals surface area contributed by atoms with E-state index in [-0.39, 0.29) is 6.04 Å². The number of anilines is 1. The van der Waals surface area contributed by atoms with E-state index in [0.29, 0.717) is 6.54 Å². The molecule has 0 amide bonds. The summed E-state index contributed by atoms with van der Waals surface area (Å²) in [7, 11) is 3.25. The molecule has 5 nitrogen and oxygen atoms in total. The average molecular weight is 262 g/mol. The zero-order chi connectivity index (χ0) is 13.7. The van der Waals surface area contributed by atoms with E-state index in [0.717, 1.165) is 22.9 Å². The summed E-state index contributed by atoms with van der Waals surface area (Å²) < 4.78 is 15.9. The highest BCUT2D eigenvalue weighted by molar-refractivity contribution is 5.60. The van der Waals surface area contributed by atoms with Gasteiger partial charge in [-0.1, -0.05) is 0 Å². The molecular formula is C14H18N2O3. The van der Waals surface area contributed by atoms with Gasteiger partial charge in [0.1, 0.15) is 17.3 Å². The number of hydrogen-bond donors (Lipinski definition) is 2. The third-order valence-electron chi connectivity index (χ3n) is 2.86. The van der Waals surface area contributed by atoms with Crippen molar-refractivity contribution in [2.45, 2.75) is 6.04 Å². The first-order chi connectivity index (χ1) is 9.28. The highest BCUT2D eigenvalue weighted by Gasteiger charge is 2.15. The summed E-state index contributed by atoms with van der Waals surface area (Å²) in [5.74, 6) is 2.26. The Morgan fingerprint density at radius 3 is 2.68 bits per heavy atom. The molecule has 0 bridgehead atoms. The first-order valence-corrected chi connectivity index (χ1v) is 6.00. The maximum Gasteiger partial charge on any atom is 0.142 e. The second kappa shape index (κ2) is 6.15. The van der Waals surface area contributed by atoms with Gasteiger partial charge in [-0.05, 0) is 24.3 Å². The molecule has 0 saturated carbocycles. The van der Waals surface area contributed by atoms with Crippen LogP contribution >= 0.6 is 0 Å². The third kappa shape index (κ3) is 3.00. The van der Waals surface area contributed by atoms with Crippen LogP contribution in [0, 0.1) is 0 Å². The molecule has 1 unspecified atom stereocenters. The molecule has 1 aromatic heterocycles. The van der Waals surface area contributed by atoms with Crippen LogP contribution in [-0.4, -0.2) is 20.8 Å². The normalized spacial score (nSPS) is 11.9. The Morgan fingerprint density at radius 1 is 1.26 bits per heavy atom. The first-order valence-electron chi connectivity index (χ1n) is 6.00. The van der Waals surface area contributed by atoms with E-state index in [1.807, 2.05) is 30.3 Å². The molecule has 2 aromatic rings. The van der Waals surface area contributed by atoms with E-state index in [1.165, 1.54) is 0 Å². The van der Waals surface area contributed by atoms with Crippen LogP contribution in [0.15, 0.2) is 41.0 Å². The van der Waals surface area contributed by atoms with Crippen molar-refractivity contribution in [1.82, 2.24) is 0 Å². The molecule has 0 aliphatic heterocycles. The lowest BCUT2D eigenvalue weighted by Crippen LogP contribution is -2.20. The predicted molar refractivity (Wildman–Crippen MR) is 73.7 cm³/mol. The van der Waals surface area contributed by atoms with Crippen LogP contribution in [0.25, 0.3) is 0 Å². The van der Waals surface area contributed by atoms with Gasteiger partial charge in [-0.2, -0.15) is 0 Å². The zero-order valence-corrected chi connectivity index (χ0v) is 11.1. The summed E-state index contributed by atoms with van der Waals surface area (Å²) in [6.45, 7) is 0.411. The van der Waals surface area contributed by atoms with Gasteiger partial charge in [-0.3, -0.25) is 0 Å². The summed E-state index contributed by atoms with van der Waals surface area (Å²) in [5.41, 5.74) is 6.59. The maximum absolute atomic E-state index is 5.78. The second-order valence-electron chi connectivity index (χ2n) is 4.01. The van der Waals surface area contributed by atoms with Crippen LogP contribution in [0.1, 0.15) is 11.8 Å². The van der Waals surface area contributed by atoms with E-state index in [2.05, 4.69) is 5.32 Å². The minimum atomic E-state index is -0.115. The van der Waals surface area contributed by atoms with Gasteiger partial charge < -0.3 is 24.9 Å². The van der Waals surface area contributed by atoms with Gasteiger partial charge >= 0.3 is 0 Å². The van der Waals surface area contributed by atoms with Gasteiger partial charge in [0.25, 0.3) is 0 Å². The molecule has 0 fully saturated rings. The van der Waals surface area contributed by atoms with Crippen molar-refractivity contribution in [3.05, 3.63) is 42.4 Å². The van der Waals surface area contributed by atoms with E-state index in [1.54, 1.807) is 20.5 Å². The molecule has 0 spiro atoms. The lowest BCUT2D eigenvalue weighted by molar-refractivity contribution is 0.403. The average Bonchev–Trinajstić information content (AvgIpc) is 2.98. The minimum Gasteiger partial charge on any atom is -0.497 e. The van der Waals surface area contributed by atoms with E-state index in [4.69, 9.17) is 19.6 Å². The van der Waals surface area contributed by atoms with Crippen LogP contribution in [0.2, 0.25) is 0 Å². The molecule has 102 valence electrons. The predicted octanol–water partition coefficient (Wildman–Crippen LogP) is 2.41. The van der Waals surface area contributed by atoms with E-state index in [9.17, 15) is 0 Å². The Bertz CT molecular complexity index is 511. The monoisotopic (exact) mass is 262 g/mol. The number of nitrogens with two attached hydrogens (primary N) is 1. The Labute approximate surface area is 112 Å². The van der Waals surface area contributed by atoms with E-state index < -0.39 is 0 Å². The SMILES string of the molecule is COc1ccc(OC)c(NC(CN)c2ccco2)c1. The summed E-state index contributed by atoms with van der Waals surface area (Å²) >= 11 is 0. The fourth-order valence-electron chi connectivity index (χ4n) is 1.85. The number of benzene rings is 1. The van der Waals surface area contributed by atoms with Crippen LogP contribution < -0.4 is 20.5 Å². The van der Waals surface area contributed by atoms with Gasteiger partial charge in [0.2, 0.25) is 0 Å². The topological polar surface area (TPSA) is 69.7 Å². The number of methoxy groups -OCH3 is 2. The molecule has 0 radical (unpaired) electrons. The first kappa shape index (κ1) is 13.3. The summed E-state index contributed by atoms with van der Waals surface area (Å²) in [5, 5.41) is 3.30. The fraction of sp³-hybridized carbons (Fsp3) is 0.286. The second-order valence-corrected chi connectivity index (χ2v) is 4.01. The number of hydrogen-bond acceptors (Lipinski definition) is 5. The highest BCUT2D eigenvalue weighted by Crippen LogP contribution is 2.31. The summed E-state index contributed by atoms with van der Waals surface area (Å²) in [6.07, 6.45) is 1.63. The fourth-order valence-corrected chi connectivity index (χ4v) is 1.85. The molecule has 1 atom stereocenters. The highest BCUT2D eigenvalue weighted by atomic mass is 16.5. The van der Waals surface area contributed by atoms with Gasteiger partial charge in [0.15, 0.2) is 0 Å². The van der Waals surface area contributed by atoms with Crippen molar-refractivity contribution in [1.29, 1.82) is 0 Å². The molecular weight excluding hydrogens is 244 g/mol. The largest absolute Gasteiger partial charge is 0.497 e. The van der Waals surface area contributed by atoms with Crippen molar-refractivity contribution >= 4 is 5.69 Å². The Balaban J connectivity index is 2.25.